The first-order valence-electron chi connectivity index (χ1n) is 10.7. The van der Waals surface area contributed by atoms with Crippen molar-refractivity contribution < 1.29 is 9.59 Å². The van der Waals surface area contributed by atoms with Crippen LogP contribution >= 0.6 is 22.7 Å². The molecule has 7 heteroatoms. The van der Waals surface area contributed by atoms with Gasteiger partial charge in [-0.3, -0.25) is 14.5 Å². The highest BCUT2D eigenvalue weighted by atomic mass is 32.1. The van der Waals surface area contributed by atoms with Gasteiger partial charge in [0.05, 0.1) is 26.7 Å². The van der Waals surface area contributed by atoms with E-state index in [4.69, 9.17) is 4.98 Å². The maximum atomic E-state index is 13.9. The zero-order valence-corrected chi connectivity index (χ0v) is 19.4. The molecular weight excluding hydrogens is 438 g/mol. The average Bonchev–Trinajstić information content (AvgIpc) is 3.50. The van der Waals surface area contributed by atoms with Crippen LogP contribution in [0.5, 0.6) is 0 Å². The molecule has 0 aliphatic carbocycles. The number of carbonyl (C=O) groups excluding carboxylic acids is 2. The smallest absolute Gasteiger partial charge is 0.263 e. The number of likely N-dealkylation sites (tertiary alicyclic amines) is 1. The van der Waals surface area contributed by atoms with E-state index in [1.807, 2.05) is 77.9 Å². The second-order valence-electron chi connectivity index (χ2n) is 7.99. The molecule has 32 heavy (non-hydrogen) atoms. The first kappa shape index (κ1) is 20.8. The van der Waals surface area contributed by atoms with Gasteiger partial charge in [-0.25, -0.2) is 4.98 Å². The molecule has 162 valence electrons. The predicted molar refractivity (Wildman–Crippen MR) is 131 cm³/mol. The fraction of sp³-hybridized carbons (Fsp3) is 0.240. The lowest BCUT2D eigenvalue weighted by atomic mass is 9.96. The molecule has 1 aliphatic heterocycles. The summed E-state index contributed by atoms with van der Waals surface area (Å²) in [7, 11) is 0. The van der Waals surface area contributed by atoms with Crippen LogP contribution in [-0.2, 0) is 4.79 Å². The van der Waals surface area contributed by atoms with Crippen LogP contribution in [0.2, 0.25) is 0 Å². The minimum atomic E-state index is -0.265. The zero-order chi connectivity index (χ0) is 22.1. The van der Waals surface area contributed by atoms with E-state index in [-0.39, 0.29) is 17.7 Å². The van der Waals surface area contributed by atoms with Gasteiger partial charge in [-0.2, -0.15) is 0 Å². The van der Waals surface area contributed by atoms with Crippen molar-refractivity contribution in [3.05, 3.63) is 76.5 Å². The maximum absolute atomic E-state index is 13.9. The predicted octanol–water partition coefficient (Wildman–Crippen LogP) is 5.88. The highest BCUT2D eigenvalue weighted by molar-refractivity contribution is 7.22. The van der Waals surface area contributed by atoms with Crippen LogP contribution in [0.3, 0.4) is 0 Å². The third-order valence-electron chi connectivity index (χ3n) is 5.84. The molecule has 1 saturated heterocycles. The van der Waals surface area contributed by atoms with Crippen LogP contribution in [0.4, 0.5) is 10.8 Å². The number of hydrogen-bond donors (Lipinski definition) is 0. The molecule has 0 saturated carbocycles. The molecule has 0 bridgehead atoms. The van der Waals surface area contributed by atoms with Gasteiger partial charge < -0.3 is 4.90 Å². The van der Waals surface area contributed by atoms with Crippen molar-refractivity contribution in [3.63, 3.8) is 0 Å². The van der Waals surface area contributed by atoms with Crippen LogP contribution in [0.1, 0.15) is 28.1 Å². The average molecular weight is 462 g/mol. The monoisotopic (exact) mass is 461 g/mol. The molecular formula is C25H23N3O2S2. The number of hydrogen-bond acceptors (Lipinski definition) is 5. The van der Waals surface area contributed by atoms with E-state index >= 15 is 0 Å². The molecule has 2 aromatic heterocycles. The maximum Gasteiger partial charge on any atom is 0.263 e. The fourth-order valence-electron chi connectivity index (χ4n) is 4.19. The van der Waals surface area contributed by atoms with E-state index in [1.54, 1.807) is 4.90 Å². The number of piperidine rings is 1. The number of rotatable bonds is 4. The minimum absolute atomic E-state index is 0.00188. The highest BCUT2D eigenvalue weighted by Crippen LogP contribution is 2.37. The van der Waals surface area contributed by atoms with Crippen molar-refractivity contribution in [2.24, 2.45) is 5.92 Å². The lowest BCUT2D eigenvalue weighted by Gasteiger charge is -2.34. The molecule has 0 spiro atoms. The van der Waals surface area contributed by atoms with Crippen LogP contribution in [0, 0.1) is 12.8 Å². The number of benzene rings is 2. The molecule has 0 N–H and O–H groups in total. The molecule has 2 aromatic carbocycles. The van der Waals surface area contributed by atoms with Gasteiger partial charge >= 0.3 is 0 Å². The molecule has 0 radical (unpaired) electrons. The third-order valence-corrected chi connectivity index (χ3v) is 7.72. The first-order chi connectivity index (χ1) is 15.6. The Balaban J connectivity index is 1.49. The Kier molecular flexibility index (Phi) is 5.76. The summed E-state index contributed by atoms with van der Waals surface area (Å²) in [6.45, 7) is 3.13. The molecule has 1 atom stereocenters. The van der Waals surface area contributed by atoms with E-state index in [0.717, 1.165) is 39.2 Å². The molecule has 1 aliphatic rings. The van der Waals surface area contributed by atoms with Gasteiger partial charge in [-0.05, 0) is 55.0 Å². The summed E-state index contributed by atoms with van der Waals surface area (Å²) in [5.74, 6) is -0.249. The summed E-state index contributed by atoms with van der Waals surface area (Å²) in [6.07, 6.45) is 1.58. The van der Waals surface area contributed by atoms with Gasteiger partial charge in [0.2, 0.25) is 5.91 Å². The largest absolute Gasteiger partial charge is 0.337 e. The molecule has 5 nitrogen and oxygen atoms in total. The van der Waals surface area contributed by atoms with Crippen molar-refractivity contribution >= 4 is 55.5 Å². The Bertz CT molecular complexity index is 1230. The second kappa shape index (κ2) is 8.84. The van der Waals surface area contributed by atoms with Crippen molar-refractivity contribution in [2.75, 3.05) is 18.0 Å². The quantitative estimate of drug-likeness (QED) is 0.381. The first-order valence-corrected chi connectivity index (χ1v) is 12.4. The van der Waals surface area contributed by atoms with Crippen molar-refractivity contribution in [2.45, 2.75) is 19.8 Å². The summed E-state index contributed by atoms with van der Waals surface area (Å²) in [5.41, 5.74) is 2.75. The molecule has 3 heterocycles. The SMILES string of the molecule is Cc1ccccc1N(C(=O)C1CCCN(C(=O)c2cccs2)C1)c1nc2ccccc2s1. The Hall–Kier alpha value is -3.03. The van der Waals surface area contributed by atoms with Gasteiger partial charge in [0.15, 0.2) is 5.13 Å². The number of thiazole rings is 1. The normalized spacial score (nSPS) is 16.3. The number of aryl methyl sites for hydroxylation is 1. The van der Waals surface area contributed by atoms with Crippen molar-refractivity contribution in [1.82, 2.24) is 9.88 Å². The number of fused-ring (bicyclic) bond motifs is 1. The number of para-hydroxylation sites is 2. The second-order valence-corrected chi connectivity index (χ2v) is 9.95. The number of nitrogens with zero attached hydrogens (tertiary/aromatic N) is 3. The molecule has 5 rings (SSSR count). The van der Waals surface area contributed by atoms with Gasteiger partial charge in [-0.1, -0.05) is 47.7 Å². The highest BCUT2D eigenvalue weighted by Gasteiger charge is 2.34. The van der Waals surface area contributed by atoms with E-state index in [2.05, 4.69) is 0 Å². The van der Waals surface area contributed by atoms with E-state index in [9.17, 15) is 9.59 Å². The lowest BCUT2D eigenvalue weighted by molar-refractivity contribution is -0.122. The third kappa shape index (κ3) is 3.94. The zero-order valence-electron chi connectivity index (χ0n) is 17.7. The van der Waals surface area contributed by atoms with E-state index in [1.165, 1.54) is 22.7 Å². The van der Waals surface area contributed by atoms with Crippen LogP contribution in [0.25, 0.3) is 10.2 Å². The van der Waals surface area contributed by atoms with Crippen molar-refractivity contribution in [3.8, 4) is 0 Å². The summed E-state index contributed by atoms with van der Waals surface area (Å²) in [4.78, 5) is 36.0. The minimum Gasteiger partial charge on any atom is -0.337 e. The summed E-state index contributed by atoms with van der Waals surface area (Å²) >= 11 is 2.97. The van der Waals surface area contributed by atoms with Gasteiger partial charge in [0.25, 0.3) is 5.91 Å². The Morgan fingerprint density at radius 1 is 1.06 bits per heavy atom. The number of thiophene rings is 1. The van der Waals surface area contributed by atoms with Gasteiger partial charge in [0.1, 0.15) is 0 Å². The number of carbonyl (C=O) groups is 2. The van der Waals surface area contributed by atoms with Gasteiger partial charge in [0, 0.05) is 13.1 Å². The van der Waals surface area contributed by atoms with Crippen LogP contribution in [-0.4, -0.2) is 34.8 Å². The summed E-state index contributed by atoms with van der Waals surface area (Å²) < 4.78 is 1.05. The molecule has 1 fully saturated rings. The standard InChI is InChI=1S/C25H23N3O2S2/c1-17-8-2-4-11-20(17)28(25-26-19-10-3-5-12-21(19)32-25)23(29)18-9-6-14-27(16-18)24(30)22-13-7-15-31-22/h2-5,7-8,10-13,15,18H,6,9,14,16H2,1H3. The lowest BCUT2D eigenvalue weighted by Crippen LogP contribution is -2.45. The van der Waals surface area contributed by atoms with E-state index < -0.39 is 0 Å². The van der Waals surface area contributed by atoms with Crippen LogP contribution in [0.15, 0.2) is 66.0 Å². The number of amides is 2. The topological polar surface area (TPSA) is 53.5 Å². The fourth-order valence-corrected chi connectivity index (χ4v) is 5.86. The number of aromatic nitrogens is 1. The summed E-state index contributed by atoms with van der Waals surface area (Å²) in [5, 5.41) is 2.58. The Labute approximate surface area is 194 Å². The van der Waals surface area contributed by atoms with Crippen LogP contribution < -0.4 is 4.90 Å². The Morgan fingerprint density at radius 3 is 2.66 bits per heavy atom. The van der Waals surface area contributed by atoms with Crippen molar-refractivity contribution in [1.29, 1.82) is 0 Å². The van der Waals surface area contributed by atoms with Gasteiger partial charge in [-0.15, -0.1) is 11.3 Å². The molecule has 1 unspecified atom stereocenters. The Morgan fingerprint density at radius 2 is 1.88 bits per heavy atom. The summed E-state index contributed by atoms with van der Waals surface area (Å²) in [6, 6.07) is 19.6. The van der Waals surface area contributed by atoms with E-state index in [0.29, 0.717) is 18.2 Å². The molecule has 2 amide bonds. The number of anilines is 2. The molecule has 4 aromatic rings.